The number of benzene rings is 3. The van der Waals surface area contributed by atoms with Crippen LogP contribution in [0.3, 0.4) is 0 Å². The average Bonchev–Trinajstić information content (AvgIpc) is 2.87. The molecule has 0 saturated carbocycles. The molecule has 6 nitrogen and oxygen atoms in total. The molecule has 1 aliphatic rings. The largest absolute Gasteiger partial charge is 0.497 e. The molecule has 0 radical (unpaired) electrons. The molecule has 1 atom stereocenters. The molecule has 4 rings (SSSR count). The summed E-state index contributed by atoms with van der Waals surface area (Å²) in [5.74, 6) is -0.267. The number of carbonyl (C=O) groups is 2. The van der Waals surface area contributed by atoms with Gasteiger partial charge in [0.2, 0.25) is 0 Å². The summed E-state index contributed by atoms with van der Waals surface area (Å²) in [7, 11) is 2.86. The van der Waals surface area contributed by atoms with Crippen LogP contribution >= 0.6 is 0 Å². The first kappa shape index (κ1) is 22.1. The van der Waals surface area contributed by atoms with Crippen LogP contribution in [-0.4, -0.2) is 32.8 Å². The van der Waals surface area contributed by atoms with E-state index in [0.29, 0.717) is 33.8 Å². The number of hydrogen-bond acceptors (Lipinski definition) is 6. The van der Waals surface area contributed by atoms with E-state index in [2.05, 4.69) is 0 Å². The van der Waals surface area contributed by atoms with E-state index in [4.69, 9.17) is 18.9 Å². The Bertz CT molecular complexity index is 1200. The summed E-state index contributed by atoms with van der Waals surface area (Å²) in [6, 6.07) is 23.4. The van der Waals surface area contributed by atoms with Crippen molar-refractivity contribution in [3.8, 4) is 11.5 Å². The molecule has 0 fully saturated rings. The van der Waals surface area contributed by atoms with Crippen molar-refractivity contribution in [2.45, 2.75) is 12.5 Å². The summed E-state index contributed by atoms with van der Waals surface area (Å²) in [6.07, 6.45) is 0. The summed E-state index contributed by atoms with van der Waals surface area (Å²) in [5, 5.41) is 0. The van der Waals surface area contributed by atoms with E-state index in [1.807, 2.05) is 36.4 Å². The van der Waals surface area contributed by atoms with Gasteiger partial charge in [0.15, 0.2) is 0 Å². The van der Waals surface area contributed by atoms with Gasteiger partial charge in [-0.2, -0.15) is 0 Å². The maximum atomic E-state index is 13.6. The fourth-order valence-corrected chi connectivity index (χ4v) is 4.06. The summed E-state index contributed by atoms with van der Waals surface area (Å²) in [5.41, 5.74) is 0.565. The molecule has 3 aromatic carbocycles. The highest BCUT2D eigenvalue weighted by atomic mass is 16.6. The van der Waals surface area contributed by atoms with E-state index >= 15 is 0 Å². The maximum absolute atomic E-state index is 13.6. The predicted octanol–water partition coefficient (Wildman–Crippen LogP) is 4.52. The van der Waals surface area contributed by atoms with Crippen LogP contribution in [0.25, 0.3) is 5.57 Å². The molecule has 0 N–H and O–H groups in total. The molecule has 3 aromatic rings. The Hall–Kier alpha value is -4.06. The second-order valence-corrected chi connectivity index (χ2v) is 7.34. The van der Waals surface area contributed by atoms with E-state index in [9.17, 15) is 9.59 Å². The van der Waals surface area contributed by atoms with Gasteiger partial charge in [-0.1, -0.05) is 60.7 Å². The third kappa shape index (κ3) is 3.74. The van der Waals surface area contributed by atoms with Crippen LogP contribution in [0.1, 0.15) is 23.6 Å². The number of methoxy groups -OCH3 is 2. The second kappa shape index (κ2) is 9.20. The highest BCUT2D eigenvalue weighted by Gasteiger charge is 2.55. The number of para-hydroxylation sites is 1. The fraction of sp³-hybridized carbons (Fsp3) is 0.185. The summed E-state index contributed by atoms with van der Waals surface area (Å²) >= 11 is 0. The number of fused-ring (bicyclic) bond motifs is 1. The molecule has 0 bridgehead atoms. The lowest BCUT2D eigenvalue weighted by molar-refractivity contribution is -0.162. The Morgan fingerprint density at radius 1 is 0.879 bits per heavy atom. The van der Waals surface area contributed by atoms with Gasteiger partial charge in [-0.15, -0.1) is 0 Å². The lowest BCUT2D eigenvalue weighted by Crippen LogP contribution is -2.49. The van der Waals surface area contributed by atoms with Gasteiger partial charge in [-0.05, 0) is 30.7 Å². The lowest BCUT2D eigenvalue weighted by Gasteiger charge is -2.39. The lowest BCUT2D eigenvalue weighted by atomic mass is 9.77. The second-order valence-electron chi connectivity index (χ2n) is 7.34. The zero-order chi connectivity index (χ0) is 23.4. The summed E-state index contributed by atoms with van der Waals surface area (Å²) in [6.45, 7) is 1.82. The van der Waals surface area contributed by atoms with Crippen LogP contribution < -0.4 is 9.47 Å². The molecule has 1 heterocycles. The van der Waals surface area contributed by atoms with Crippen LogP contribution in [0, 0.1) is 0 Å². The van der Waals surface area contributed by atoms with Crippen molar-refractivity contribution in [1.29, 1.82) is 0 Å². The van der Waals surface area contributed by atoms with E-state index in [0.717, 1.165) is 0 Å². The Morgan fingerprint density at radius 2 is 1.55 bits per heavy atom. The molecule has 0 aliphatic carbocycles. The molecule has 1 unspecified atom stereocenters. The minimum absolute atomic E-state index is 0.0542. The van der Waals surface area contributed by atoms with Crippen LogP contribution in [0.5, 0.6) is 11.5 Å². The summed E-state index contributed by atoms with van der Waals surface area (Å²) < 4.78 is 22.4. The normalized spacial score (nSPS) is 16.9. The molecule has 0 amide bonds. The molecular formula is C27H24O6. The standard InChI is InChI=1S/C27H24O6/c1-4-32-26(29)27(19-10-6-5-7-11-19)24(25(28)31-3)23(18-14-16-20(30-2)17-15-18)21-12-8-9-13-22(21)33-27/h5-17H,4H2,1-3H3. The molecule has 1 aliphatic heterocycles. The zero-order valence-electron chi connectivity index (χ0n) is 18.7. The van der Waals surface area contributed by atoms with Gasteiger partial charge >= 0.3 is 11.9 Å². The molecule has 6 heteroatoms. The average molecular weight is 444 g/mol. The third-order valence-electron chi connectivity index (χ3n) is 5.53. The highest BCUT2D eigenvalue weighted by Crippen LogP contribution is 2.49. The van der Waals surface area contributed by atoms with Gasteiger partial charge in [0.05, 0.1) is 20.8 Å². The van der Waals surface area contributed by atoms with Gasteiger partial charge in [0.25, 0.3) is 5.60 Å². The van der Waals surface area contributed by atoms with Crippen molar-refractivity contribution in [3.63, 3.8) is 0 Å². The molecule has 168 valence electrons. The Morgan fingerprint density at radius 3 is 2.18 bits per heavy atom. The minimum atomic E-state index is -1.85. The first-order valence-electron chi connectivity index (χ1n) is 10.6. The van der Waals surface area contributed by atoms with Crippen molar-refractivity contribution >= 4 is 17.5 Å². The number of rotatable bonds is 6. The van der Waals surface area contributed by atoms with Crippen LogP contribution in [-0.2, 0) is 24.7 Å². The van der Waals surface area contributed by atoms with Crippen LogP contribution in [0.15, 0.2) is 84.4 Å². The fourth-order valence-electron chi connectivity index (χ4n) is 4.06. The van der Waals surface area contributed by atoms with E-state index in [1.54, 1.807) is 56.5 Å². The topological polar surface area (TPSA) is 71.1 Å². The van der Waals surface area contributed by atoms with Gasteiger partial charge < -0.3 is 18.9 Å². The van der Waals surface area contributed by atoms with Crippen molar-refractivity contribution in [3.05, 3.63) is 101 Å². The van der Waals surface area contributed by atoms with Crippen molar-refractivity contribution in [1.82, 2.24) is 0 Å². The van der Waals surface area contributed by atoms with Crippen molar-refractivity contribution in [2.75, 3.05) is 20.8 Å². The number of esters is 2. The van der Waals surface area contributed by atoms with Crippen molar-refractivity contribution in [2.24, 2.45) is 0 Å². The van der Waals surface area contributed by atoms with E-state index < -0.39 is 17.5 Å². The van der Waals surface area contributed by atoms with E-state index in [1.165, 1.54) is 7.11 Å². The SMILES string of the molecule is CCOC(=O)C1(c2ccccc2)Oc2ccccc2C(c2ccc(OC)cc2)=C1C(=O)OC. The predicted molar refractivity (Wildman–Crippen MR) is 123 cm³/mol. The van der Waals surface area contributed by atoms with E-state index in [-0.39, 0.29) is 12.2 Å². The zero-order valence-corrected chi connectivity index (χ0v) is 18.7. The Labute approximate surface area is 192 Å². The Kier molecular flexibility index (Phi) is 6.18. The van der Waals surface area contributed by atoms with Gasteiger partial charge in [-0.25, -0.2) is 9.59 Å². The quantitative estimate of drug-likeness (QED) is 0.521. The first-order valence-corrected chi connectivity index (χ1v) is 10.6. The smallest absolute Gasteiger partial charge is 0.360 e. The number of carbonyl (C=O) groups excluding carboxylic acids is 2. The van der Waals surface area contributed by atoms with Gasteiger partial charge in [0.1, 0.15) is 17.1 Å². The van der Waals surface area contributed by atoms with Gasteiger partial charge in [0, 0.05) is 16.7 Å². The molecule has 0 saturated heterocycles. The minimum Gasteiger partial charge on any atom is -0.497 e. The number of ether oxygens (including phenoxy) is 4. The van der Waals surface area contributed by atoms with Crippen LogP contribution in [0.2, 0.25) is 0 Å². The molecular weight excluding hydrogens is 420 g/mol. The molecule has 0 aromatic heterocycles. The summed E-state index contributed by atoms with van der Waals surface area (Å²) in [4.78, 5) is 27.0. The number of hydrogen-bond donors (Lipinski definition) is 0. The maximum Gasteiger partial charge on any atom is 0.360 e. The monoisotopic (exact) mass is 444 g/mol. The Balaban J connectivity index is 2.14. The molecule has 33 heavy (non-hydrogen) atoms. The highest BCUT2D eigenvalue weighted by molar-refractivity contribution is 6.11. The molecule has 0 spiro atoms. The van der Waals surface area contributed by atoms with Crippen LogP contribution in [0.4, 0.5) is 0 Å². The van der Waals surface area contributed by atoms with Gasteiger partial charge in [-0.3, -0.25) is 0 Å². The first-order chi connectivity index (χ1) is 16.1. The van der Waals surface area contributed by atoms with Crippen molar-refractivity contribution < 1.29 is 28.5 Å². The third-order valence-corrected chi connectivity index (χ3v) is 5.53.